The molecule has 0 aliphatic carbocycles. The molecule has 0 spiro atoms. The number of benzene rings is 1. The Bertz CT molecular complexity index is 781. The van der Waals surface area contributed by atoms with Crippen LogP contribution in [0.1, 0.15) is 4.88 Å². The number of hydrogen-bond donors (Lipinski definition) is 1. The summed E-state index contributed by atoms with van der Waals surface area (Å²) in [4.78, 5) is 14.2. The number of halogens is 1. The highest BCUT2D eigenvalue weighted by Crippen LogP contribution is 2.28. The Hall–Kier alpha value is -2.24. The van der Waals surface area contributed by atoms with Gasteiger partial charge in [-0.05, 0) is 48.9 Å². The largest absolute Gasteiger partial charge is 0.484 e. The van der Waals surface area contributed by atoms with Gasteiger partial charge in [0.05, 0.1) is 12.5 Å². The molecule has 1 amide bonds. The van der Waals surface area contributed by atoms with E-state index in [9.17, 15) is 4.79 Å². The predicted octanol–water partition coefficient (Wildman–Crippen LogP) is 4.40. The summed E-state index contributed by atoms with van der Waals surface area (Å²) in [5.74, 6) is 0.481. The molecule has 24 heavy (non-hydrogen) atoms. The van der Waals surface area contributed by atoms with Crippen LogP contribution in [-0.4, -0.2) is 19.1 Å². The van der Waals surface area contributed by atoms with Crippen molar-refractivity contribution in [3.63, 3.8) is 0 Å². The van der Waals surface area contributed by atoms with Crippen molar-refractivity contribution in [2.24, 2.45) is 0 Å². The van der Waals surface area contributed by atoms with E-state index in [0.29, 0.717) is 17.3 Å². The van der Waals surface area contributed by atoms with Gasteiger partial charge in [0, 0.05) is 26.9 Å². The van der Waals surface area contributed by atoms with E-state index in [-0.39, 0.29) is 12.5 Å². The number of amides is 1. The van der Waals surface area contributed by atoms with Crippen LogP contribution in [0.25, 0.3) is 10.4 Å². The SMILES string of the molecule is O=C(COc1ccc(Cl)cc1)NCCc1ccc(-c2ccoc2)s1. The Morgan fingerprint density at radius 3 is 2.75 bits per heavy atom. The summed E-state index contributed by atoms with van der Waals surface area (Å²) in [6.45, 7) is 0.570. The molecule has 0 atom stereocenters. The van der Waals surface area contributed by atoms with E-state index in [4.69, 9.17) is 20.8 Å². The highest BCUT2D eigenvalue weighted by atomic mass is 35.5. The number of hydrogen-bond acceptors (Lipinski definition) is 4. The molecule has 3 aromatic rings. The Morgan fingerprint density at radius 1 is 1.17 bits per heavy atom. The summed E-state index contributed by atoms with van der Waals surface area (Å²) in [7, 11) is 0. The van der Waals surface area contributed by atoms with Gasteiger partial charge < -0.3 is 14.5 Å². The van der Waals surface area contributed by atoms with Crippen LogP contribution < -0.4 is 10.1 Å². The van der Waals surface area contributed by atoms with Gasteiger partial charge in [0.1, 0.15) is 5.75 Å². The minimum atomic E-state index is -0.142. The number of rotatable bonds is 7. The molecule has 3 rings (SSSR count). The zero-order valence-corrected chi connectivity index (χ0v) is 14.4. The monoisotopic (exact) mass is 361 g/mol. The van der Waals surface area contributed by atoms with E-state index in [1.807, 2.05) is 6.07 Å². The van der Waals surface area contributed by atoms with Gasteiger partial charge in [-0.25, -0.2) is 0 Å². The first-order valence-electron chi connectivity index (χ1n) is 7.47. The van der Waals surface area contributed by atoms with E-state index < -0.39 is 0 Å². The van der Waals surface area contributed by atoms with Crippen LogP contribution in [0.4, 0.5) is 0 Å². The fourth-order valence-electron chi connectivity index (χ4n) is 2.13. The molecule has 6 heteroatoms. The van der Waals surface area contributed by atoms with Crippen LogP contribution in [0, 0.1) is 0 Å². The zero-order chi connectivity index (χ0) is 16.8. The van der Waals surface area contributed by atoms with Gasteiger partial charge in [0.25, 0.3) is 5.91 Å². The summed E-state index contributed by atoms with van der Waals surface area (Å²) >= 11 is 7.50. The first-order valence-corrected chi connectivity index (χ1v) is 8.66. The van der Waals surface area contributed by atoms with E-state index >= 15 is 0 Å². The van der Waals surface area contributed by atoms with Gasteiger partial charge in [0.2, 0.25) is 0 Å². The Kier molecular flexibility index (Phi) is 5.56. The van der Waals surface area contributed by atoms with Crippen molar-refractivity contribution >= 4 is 28.8 Å². The maximum absolute atomic E-state index is 11.8. The van der Waals surface area contributed by atoms with E-state index in [0.717, 1.165) is 16.9 Å². The fraction of sp³-hybridized carbons (Fsp3) is 0.167. The summed E-state index contributed by atoms with van der Waals surface area (Å²) in [5, 5.41) is 3.49. The molecule has 4 nitrogen and oxygen atoms in total. The lowest BCUT2D eigenvalue weighted by Gasteiger charge is -2.07. The molecular formula is C18H16ClNO3S. The van der Waals surface area contributed by atoms with E-state index in [1.54, 1.807) is 48.1 Å². The Labute approximate surface area is 149 Å². The second kappa shape index (κ2) is 8.04. The van der Waals surface area contributed by atoms with Crippen LogP contribution in [0.5, 0.6) is 5.75 Å². The summed E-state index contributed by atoms with van der Waals surface area (Å²) < 4.78 is 10.5. The van der Waals surface area contributed by atoms with Crippen molar-refractivity contribution < 1.29 is 13.9 Å². The van der Waals surface area contributed by atoms with Crippen molar-refractivity contribution in [3.8, 4) is 16.2 Å². The van der Waals surface area contributed by atoms with Crippen LogP contribution >= 0.6 is 22.9 Å². The van der Waals surface area contributed by atoms with Crippen molar-refractivity contribution in [2.45, 2.75) is 6.42 Å². The maximum atomic E-state index is 11.8. The molecule has 0 saturated carbocycles. The normalized spacial score (nSPS) is 10.5. The first kappa shape index (κ1) is 16.6. The topological polar surface area (TPSA) is 51.5 Å². The summed E-state index contributed by atoms with van der Waals surface area (Å²) in [6, 6.07) is 13.0. The van der Waals surface area contributed by atoms with E-state index in [1.165, 1.54) is 4.88 Å². The average molecular weight is 362 g/mol. The van der Waals surface area contributed by atoms with Crippen LogP contribution in [0.15, 0.2) is 59.4 Å². The number of furan rings is 1. The number of nitrogens with one attached hydrogen (secondary N) is 1. The van der Waals surface area contributed by atoms with Crippen LogP contribution in [0.2, 0.25) is 5.02 Å². The molecule has 2 heterocycles. The quantitative estimate of drug-likeness (QED) is 0.678. The molecular weight excluding hydrogens is 346 g/mol. The molecule has 1 N–H and O–H groups in total. The van der Waals surface area contributed by atoms with Gasteiger partial charge in [-0.2, -0.15) is 0 Å². The standard InChI is InChI=1S/C18H16ClNO3S/c19-14-1-3-15(4-2-14)23-12-18(21)20-9-7-16-5-6-17(24-16)13-8-10-22-11-13/h1-6,8,10-11H,7,9,12H2,(H,20,21). The second-order valence-corrected chi connectivity index (χ2v) is 6.73. The molecule has 0 bridgehead atoms. The number of carbonyl (C=O) groups excluding carboxylic acids is 1. The lowest BCUT2D eigenvalue weighted by molar-refractivity contribution is -0.123. The molecule has 0 saturated heterocycles. The molecule has 124 valence electrons. The van der Waals surface area contributed by atoms with Crippen molar-refractivity contribution in [2.75, 3.05) is 13.2 Å². The third kappa shape index (κ3) is 4.63. The molecule has 0 aliphatic heterocycles. The molecule has 2 aromatic heterocycles. The lowest BCUT2D eigenvalue weighted by atomic mass is 10.3. The number of ether oxygens (including phenoxy) is 1. The lowest BCUT2D eigenvalue weighted by Crippen LogP contribution is -2.30. The van der Waals surface area contributed by atoms with Gasteiger partial charge in [-0.15, -0.1) is 11.3 Å². The molecule has 0 aliphatic rings. The average Bonchev–Trinajstić information content (AvgIpc) is 3.25. The second-order valence-electron chi connectivity index (χ2n) is 5.12. The van der Waals surface area contributed by atoms with Gasteiger partial charge in [-0.1, -0.05) is 11.6 Å². The molecule has 0 radical (unpaired) electrons. The molecule has 1 aromatic carbocycles. The minimum Gasteiger partial charge on any atom is -0.484 e. The number of thiophene rings is 1. The van der Waals surface area contributed by atoms with Gasteiger partial charge in [0.15, 0.2) is 6.61 Å². The first-order chi connectivity index (χ1) is 11.7. The van der Waals surface area contributed by atoms with Crippen molar-refractivity contribution in [3.05, 3.63) is 64.9 Å². The maximum Gasteiger partial charge on any atom is 0.257 e. The molecule has 0 unspecified atom stereocenters. The Balaban J connectivity index is 1.40. The highest BCUT2D eigenvalue weighted by Gasteiger charge is 2.06. The van der Waals surface area contributed by atoms with E-state index in [2.05, 4.69) is 17.4 Å². The third-order valence-electron chi connectivity index (χ3n) is 3.34. The third-order valence-corrected chi connectivity index (χ3v) is 4.79. The fourth-order valence-corrected chi connectivity index (χ4v) is 3.25. The summed E-state index contributed by atoms with van der Waals surface area (Å²) in [5.41, 5.74) is 1.08. The van der Waals surface area contributed by atoms with Crippen LogP contribution in [-0.2, 0) is 11.2 Å². The van der Waals surface area contributed by atoms with Gasteiger partial charge >= 0.3 is 0 Å². The smallest absolute Gasteiger partial charge is 0.257 e. The van der Waals surface area contributed by atoms with Crippen LogP contribution in [0.3, 0.4) is 0 Å². The van der Waals surface area contributed by atoms with Crippen molar-refractivity contribution in [1.29, 1.82) is 0 Å². The van der Waals surface area contributed by atoms with Gasteiger partial charge in [-0.3, -0.25) is 4.79 Å². The highest BCUT2D eigenvalue weighted by molar-refractivity contribution is 7.15. The summed E-state index contributed by atoms with van der Waals surface area (Å²) in [6.07, 6.45) is 4.18. The predicted molar refractivity (Wildman–Crippen MR) is 95.7 cm³/mol. The van der Waals surface area contributed by atoms with Crippen molar-refractivity contribution in [1.82, 2.24) is 5.32 Å². The zero-order valence-electron chi connectivity index (χ0n) is 12.8. The molecule has 0 fully saturated rings. The minimum absolute atomic E-state index is 0.00760. The Morgan fingerprint density at radius 2 is 2.00 bits per heavy atom. The number of carbonyl (C=O) groups is 1.